The summed E-state index contributed by atoms with van der Waals surface area (Å²) in [6.07, 6.45) is 37.9. The first-order valence-corrected chi connectivity index (χ1v) is 21.6. The molecule has 52 heavy (non-hydrogen) atoms. The zero-order valence-electron chi connectivity index (χ0n) is 32.5. The minimum atomic E-state index is -4.62. The van der Waals surface area contributed by atoms with Crippen molar-refractivity contribution in [3.05, 3.63) is 48.6 Å². The third-order valence-electron chi connectivity index (χ3n) is 8.22. The lowest BCUT2D eigenvalue weighted by atomic mass is 10.1. The molecule has 0 amide bonds. The maximum atomic E-state index is 12.6. The highest BCUT2D eigenvalue weighted by Gasteiger charge is 2.27. The highest BCUT2D eigenvalue weighted by molar-refractivity contribution is 7.47. The van der Waals surface area contributed by atoms with Crippen molar-refractivity contribution < 1.29 is 47.8 Å². The zero-order valence-corrected chi connectivity index (χ0v) is 33.4. The van der Waals surface area contributed by atoms with Crippen LogP contribution in [0.3, 0.4) is 0 Å². The van der Waals surface area contributed by atoms with Gasteiger partial charge < -0.3 is 24.6 Å². The van der Waals surface area contributed by atoms with E-state index in [2.05, 4.69) is 67.0 Å². The van der Waals surface area contributed by atoms with E-state index in [9.17, 15) is 24.2 Å². The normalized spacial score (nSPS) is 14.5. The summed E-state index contributed by atoms with van der Waals surface area (Å²) >= 11 is 0. The van der Waals surface area contributed by atoms with Crippen molar-refractivity contribution in [2.45, 2.75) is 174 Å². The van der Waals surface area contributed by atoms with E-state index in [0.29, 0.717) is 12.8 Å². The molecule has 0 rings (SSSR count). The molecule has 0 aliphatic carbocycles. The fraction of sp³-hybridized carbons (Fsp3) is 0.756. The molecule has 11 heteroatoms. The molecule has 0 aliphatic heterocycles. The second-order valence-electron chi connectivity index (χ2n) is 13.3. The lowest BCUT2D eigenvalue weighted by Gasteiger charge is -2.20. The van der Waals surface area contributed by atoms with Crippen LogP contribution in [0.5, 0.6) is 0 Å². The summed E-state index contributed by atoms with van der Waals surface area (Å²) < 4.78 is 32.6. The van der Waals surface area contributed by atoms with Crippen LogP contribution < -0.4 is 0 Å². The van der Waals surface area contributed by atoms with Crippen LogP contribution in [0.1, 0.15) is 162 Å². The van der Waals surface area contributed by atoms with Gasteiger partial charge >= 0.3 is 19.8 Å². The summed E-state index contributed by atoms with van der Waals surface area (Å²) in [4.78, 5) is 34.9. The Labute approximate surface area is 315 Å². The quantitative estimate of drug-likeness (QED) is 0.0242. The van der Waals surface area contributed by atoms with Crippen molar-refractivity contribution in [1.29, 1.82) is 0 Å². The molecule has 0 aromatic rings. The molecule has 0 aliphatic rings. The highest BCUT2D eigenvalue weighted by Crippen LogP contribution is 2.43. The van der Waals surface area contributed by atoms with E-state index in [0.717, 1.165) is 89.9 Å². The maximum absolute atomic E-state index is 12.6. The molecule has 3 unspecified atom stereocenters. The number of ether oxygens (including phenoxy) is 2. The average Bonchev–Trinajstić information content (AvgIpc) is 3.13. The van der Waals surface area contributed by atoms with E-state index in [4.69, 9.17) is 19.1 Å². The van der Waals surface area contributed by atoms with Crippen LogP contribution in [0.15, 0.2) is 48.6 Å². The minimum absolute atomic E-state index is 0.170. The molecule has 0 fully saturated rings. The Hall–Kier alpha value is -2.07. The third-order valence-corrected chi connectivity index (χ3v) is 9.17. The molecule has 10 nitrogen and oxygen atoms in total. The Balaban J connectivity index is 4.36. The number of aliphatic hydroxyl groups excluding tert-OH is 2. The maximum Gasteiger partial charge on any atom is 0.472 e. The van der Waals surface area contributed by atoms with Gasteiger partial charge in [0.25, 0.3) is 0 Å². The SMILES string of the molecule is CC/C=C\C/C=C\C/C=C\CCCCCCCCCC(=O)OC(COC(=O)CCCCCCC/C=C\CCCCC)COP(=O)(O)OCC(O)CO. The van der Waals surface area contributed by atoms with Crippen LogP contribution in [0.25, 0.3) is 0 Å². The zero-order chi connectivity index (χ0) is 38.4. The van der Waals surface area contributed by atoms with Gasteiger partial charge in [0, 0.05) is 12.8 Å². The van der Waals surface area contributed by atoms with E-state index in [1.807, 2.05) is 0 Å². The van der Waals surface area contributed by atoms with Crippen LogP contribution >= 0.6 is 7.82 Å². The molecule has 0 bridgehead atoms. The molecule has 0 saturated carbocycles. The summed E-state index contributed by atoms with van der Waals surface area (Å²) in [5.41, 5.74) is 0. The highest BCUT2D eigenvalue weighted by atomic mass is 31.2. The van der Waals surface area contributed by atoms with E-state index in [1.165, 1.54) is 32.1 Å². The van der Waals surface area contributed by atoms with Gasteiger partial charge in [-0.15, -0.1) is 0 Å². The largest absolute Gasteiger partial charge is 0.472 e. The standard InChI is InChI=1S/C41H73O10P/c1-3-5-7-9-11-13-15-17-18-19-20-21-23-25-27-29-31-33-41(45)51-39(37-50-52(46,47)49-35-38(43)34-42)36-48-40(44)32-30-28-26-24-22-16-14-12-10-8-6-4-2/h5,7,11-14,17-18,38-39,42-43H,3-4,6,8-10,15-16,19-37H2,1-2H3,(H,46,47)/b7-5-,13-11-,14-12-,18-17-. The molecule has 0 heterocycles. The minimum Gasteiger partial charge on any atom is -0.462 e. The second-order valence-corrected chi connectivity index (χ2v) is 14.7. The second kappa shape index (κ2) is 37.3. The molecule has 0 aromatic heterocycles. The van der Waals surface area contributed by atoms with Crippen LogP contribution in [-0.2, 0) is 32.7 Å². The van der Waals surface area contributed by atoms with Gasteiger partial charge in [-0.2, -0.15) is 0 Å². The van der Waals surface area contributed by atoms with Crippen molar-refractivity contribution in [1.82, 2.24) is 0 Å². The van der Waals surface area contributed by atoms with Crippen LogP contribution in [-0.4, -0.2) is 65.7 Å². The van der Waals surface area contributed by atoms with E-state index < -0.39 is 51.8 Å². The van der Waals surface area contributed by atoms with Gasteiger partial charge in [-0.1, -0.05) is 127 Å². The molecule has 0 spiro atoms. The van der Waals surface area contributed by atoms with E-state index in [-0.39, 0.29) is 19.4 Å². The molecule has 3 N–H and O–H groups in total. The number of hydrogen-bond donors (Lipinski definition) is 3. The van der Waals surface area contributed by atoms with Crippen molar-refractivity contribution in [2.75, 3.05) is 26.4 Å². The topological polar surface area (TPSA) is 149 Å². The van der Waals surface area contributed by atoms with E-state index >= 15 is 0 Å². The molecule has 302 valence electrons. The number of phosphoric acid groups is 1. The first kappa shape index (κ1) is 49.9. The number of esters is 2. The molecular weight excluding hydrogens is 683 g/mol. The Kier molecular flexibility index (Phi) is 35.8. The Bertz CT molecular complexity index is 1010. The predicted octanol–water partition coefficient (Wildman–Crippen LogP) is 10.2. The van der Waals surface area contributed by atoms with Crippen molar-refractivity contribution in [3.8, 4) is 0 Å². The Morgan fingerprint density at radius 3 is 1.62 bits per heavy atom. The fourth-order valence-electron chi connectivity index (χ4n) is 5.12. The first-order valence-electron chi connectivity index (χ1n) is 20.1. The lowest BCUT2D eigenvalue weighted by molar-refractivity contribution is -0.161. The molecular formula is C41H73O10P. The van der Waals surface area contributed by atoms with E-state index in [1.54, 1.807) is 0 Å². The van der Waals surface area contributed by atoms with Crippen molar-refractivity contribution in [2.24, 2.45) is 0 Å². The van der Waals surface area contributed by atoms with Crippen LogP contribution in [0, 0.1) is 0 Å². The molecule has 0 radical (unpaired) electrons. The first-order chi connectivity index (χ1) is 25.2. The van der Waals surface area contributed by atoms with Gasteiger partial charge in [-0.05, 0) is 70.6 Å². The number of rotatable bonds is 37. The molecule has 3 atom stereocenters. The summed E-state index contributed by atoms with van der Waals surface area (Å²) in [6.45, 7) is 2.21. The summed E-state index contributed by atoms with van der Waals surface area (Å²) in [5.74, 6) is -0.950. The van der Waals surface area contributed by atoms with Gasteiger partial charge in [-0.3, -0.25) is 18.6 Å². The summed E-state index contributed by atoms with van der Waals surface area (Å²) in [6, 6.07) is 0. The number of carbonyl (C=O) groups is 2. The smallest absolute Gasteiger partial charge is 0.462 e. The Morgan fingerprint density at radius 1 is 0.596 bits per heavy atom. The third kappa shape index (κ3) is 36.3. The number of aliphatic hydroxyl groups is 2. The van der Waals surface area contributed by atoms with Gasteiger partial charge in [-0.25, -0.2) is 4.57 Å². The summed E-state index contributed by atoms with van der Waals surface area (Å²) in [5, 5.41) is 18.3. The molecule has 0 aromatic carbocycles. The lowest BCUT2D eigenvalue weighted by Crippen LogP contribution is -2.29. The predicted molar refractivity (Wildman–Crippen MR) is 210 cm³/mol. The van der Waals surface area contributed by atoms with Gasteiger partial charge in [0.2, 0.25) is 0 Å². The Morgan fingerprint density at radius 2 is 1.06 bits per heavy atom. The number of unbranched alkanes of at least 4 members (excludes halogenated alkanes) is 15. The fourth-order valence-corrected chi connectivity index (χ4v) is 5.91. The number of carbonyl (C=O) groups excluding carboxylic acids is 2. The van der Waals surface area contributed by atoms with Gasteiger partial charge in [0.15, 0.2) is 6.10 Å². The van der Waals surface area contributed by atoms with Crippen molar-refractivity contribution in [3.63, 3.8) is 0 Å². The number of allylic oxidation sites excluding steroid dienone is 8. The monoisotopic (exact) mass is 756 g/mol. The van der Waals surface area contributed by atoms with Crippen molar-refractivity contribution >= 4 is 19.8 Å². The number of hydrogen-bond acceptors (Lipinski definition) is 9. The molecule has 0 saturated heterocycles. The van der Waals surface area contributed by atoms with Crippen LogP contribution in [0.4, 0.5) is 0 Å². The van der Waals surface area contributed by atoms with Crippen LogP contribution in [0.2, 0.25) is 0 Å². The van der Waals surface area contributed by atoms with Gasteiger partial charge in [0.1, 0.15) is 12.7 Å². The summed E-state index contributed by atoms with van der Waals surface area (Å²) in [7, 11) is -4.62. The number of phosphoric ester groups is 1. The average molecular weight is 757 g/mol. The van der Waals surface area contributed by atoms with Gasteiger partial charge in [0.05, 0.1) is 19.8 Å².